The van der Waals surface area contributed by atoms with Gasteiger partial charge in [-0.25, -0.2) is 4.39 Å². The quantitative estimate of drug-likeness (QED) is 0.545. The third kappa shape index (κ3) is 1.31. The van der Waals surface area contributed by atoms with E-state index < -0.39 is 5.82 Å². The first kappa shape index (κ1) is 9.25. The number of hydrogen-bond donors (Lipinski definition) is 0. The fraction of sp³-hybridized carbons (Fsp3) is 0.300. The van der Waals surface area contributed by atoms with E-state index in [1.165, 1.54) is 11.0 Å². The largest absolute Gasteiger partial charge is 0.315 e. The predicted molar refractivity (Wildman–Crippen MR) is 53.5 cm³/mol. The molecule has 4 heteroatoms. The van der Waals surface area contributed by atoms with E-state index in [2.05, 4.69) is 0 Å². The summed E-state index contributed by atoms with van der Waals surface area (Å²) in [6.45, 7) is 0. The minimum absolute atomic E-state index is 0.0154. The Morgan fingerprint density at radius 1 is 1.43 bits per heavy atom. The number of halogens is 1. The molecule has 0 aromatic heterocycles. The summed E-state index contributed by atoms with van der Waals surface area (Å²) in [4.78, 5) is 12.8. The molecule has 14 heavy (non-hydrogen) atoms. The van der Waals surface area contributed by atoms with Gasteiger partial charge in [-0.2, -0.15) is 0 Å². The van der Waals surface area contributed by atoms with Crippen LogP contribution in [0.15, 0.2) is 12.1 Å². The Balaban J connectivity index is 2.55. The lowest BCUT2D eigenvalue weighted by Crippen LogP contribution is -2.32. The average Bonchev–Trinajstić information content (AvgIpc) is 2.15. The highest BCUT2D eigenvalue weighted by atomic mass is 19.1. The number of rotatable bonds is 0. The lowest BCUT2D eigenvalue weighted by atomic mass is 9.90. The van der Waals surface area contributed by atoms with Gasteiger partial charge in [0, 0.05) is 19.2 Å². The van der Waals surface area contributed by atoms with Gasteiger partial charge in [-0.15, -0.1) is 0 Å². The van der Waals surface area contributed by atoms with Crippen molar-refractivity contribution >= 4 is 24.9 Å². The van der Waals surface area contributed by atoms with Gasteiger partial charge in [-0.1, -0.05) is 11.5 Å². The monoisotopic (exact) mass is 189 g/mol. The van der Waals surface area contributed by atoms with Crippen molar-refractivity contribution in [2.45, 2.75) is 12.8 Å². The molecule has 1 heterocycles. The van der Waals surface area contributed by atoms with Gasteiger partial charge in [0.25, 0.3) is 0 Å². The van der Waals surface area contributed by atoms with Crippen molar-refractivity contribution in [3.63, 3.8) is 0 Å². The number of benzene rings is 1. The molecule has 1 aliphatic heterocycles. The molecule has 0 aliphatic carbocycles. The van der Waals surface area contributed by atoms with Gasteiger partial charge >= 0.3 is 0 Å². The second-order valence-electron chi connectivity index (χ2n) is 3.46. The van der Waals surface area contributed by atoms with Gasteiger partial charge in [0.05, 0.1) is 0 Å². The molecule has 1 aliphatic rings. The van der Waals surface area contributed by atoms with E-state index in [1.807, 2.05) is 0 Å². The molecule has 2 rings (SSSR count). The number of carbonyl (C=O) groups is 1. The van der Waals surface area contributed by atoms with Gasteiger partial charge in [-0.3, -0.25) is 4.79 Å². The summed E-state index contributed by atoms with van der Waals surface area (Å²) < 4.78 is 13.1. The highest BCUT2D eigenvalue weighted by Gasteiger charge is 2.21. The van der Waals surface area contributed by atoms with Crippen molar-refractivity contribution < 1.29 is 9.18 Å². The normalized spacial score (nSPS) is 15.6. The van der Waals surface area contributed by atoms with Crippen LogP contribution in [0.25, 0.3) is 0 Å². The van der Waals surface area contributed by atoms with Gasteiger partial charge in [-0.05, 0) is 18.1 Å². The molecule has 1 aromatic rings. The first-order valence-electron chi connectivity index (χ1n) is 4.44. The number of amides is 1. The van der Waals surface area contributed by atoms with E-state index in [-0.39, 0.29) is 11.4 Å². The number of fused-ring (bicyclic) bond motifs is 1. The van der Waals surface area contributed by atoms with E-state index in [0.29, 0.717) is 18.5 Å². The molecular formula is C10H9BFNO. The lowest BCUT2D eigenvalue weighted by Gasteiger charge is -2.26. The minimum atomic E-state index is -0.467. The molecule has 0 N–H and O–H groups in total. The van der Waals surface area contributed by atoms with Crippen LogP contribution in [0.4, 0.5) is 10.1 Å². The molecule has 1 amide bonds. The van der Waals surface area contributed by atoms with E-state index in [4.69, 9.17) is 7.85 Å². The van der Waals surface area contributed by atoms with Crippen molar-refractivity contribution in [3.8, 4) is 0 Å². The second-order valence-corrected chi connectivity index (χ2v) is 3.46. The van der Waals surface area contributed by atoms with Crippen molar-refractivity contribution in [1.82, 2.24) is 0 Å². The first-order valence-corrected chi connectivity index (χ1v) is 4.44. The number of aryl methyl sites for hydroxylation is 1. The van der Waals surface area contributed by atoms with Crippen LogP contribution in [0.5, 0.6) is 0 Å². The summed E-state index contributed by atoms with van der Waals surface area (Å²) in [5.41, 5.74) is 1.71. The summed E-state index contributed by atoms with van der Waals surface area (Å²) in [5.74, 6) is -0.452. The summed E-state index contributed by atoms with van der Waals surface area (Å²) in [6.07, 6.45) is 1.11. The van der Waals surface area contributed by atoms with Crippen LogP contribution in [-0.2, 0) is 11.2 Å². The van der Waals surface area contributed by atoms with E-state index in [1.54, 1.807) is 13.1 Å². The van der Waals surface area contributed by atoms with E-state index in [0.717, 1.165) is 5.56 Å². The second kappa shape index (κ2) is 3.12. The molecular weight excluding hydrogens is 180 g/mol. The third-order valence-electron chi connectivity index (χ3n) is 2.54. The Labute approximate surface area is 83.1 Å². The highest BCUT2D eigenvalue weighted by molar-refractivity contribution is 6.32. The van der Waals surface area contributed by atoms with E-state index in [9.17, 15) is 9.18 Å². The average molecular weight is 189 g/mol. The Bertz CT molecular complexity index is 405. The Morgan fingerprint density at radius 2 is 2.14 bits per heavy atom. The summed E-state index contributed by atoms with van der Waals surface area (Å²) >= 11 is 0. The number of anilines is 1. The molecule has 2 nitrogen and oxygen atoms in total. The third-order valence-corrected chi connectivity index (χ3v) is 2.54. The van der Waals surface area contributed by atoms with Crippen LogP contribution in [0.3, 0.4) is 0 Å². The SMILES string of the molecule is [B]c1cc2c(cc1F)N(C)C(=O)CC2. The van der Waals surface area contributed by atoms with Gasteiger partial charge in [0.15, 0.2) is 0 Å². The molecule has 2 radical (unpaired) electrons. The maximum Gasteiger partial charge on any atom is 0.227 e. The molecule has 0 bridgehead atoms. The summed E-state index contributed by atoms with van der Waals surface area (Å²) in [7, 11) is 7.09. The standard InChI is InChI=1S/C10H9BFNO/c1-13-9-5-8(12)7(11)4-6(9)2-3-10(13)14/h4-5H,2-3H2,1H3. The smallest absolute Gasteiger partial charge is 0.227 e. The van der Waals surface area contributed by atoms with Gasteiger partial charge < -0.3 is 4.90 Å². The van der Waals surface area contributed by atoms with Crippen LogP contribution in [0.1, 0.15) is 12.0 Å². The van der Waals surface area contributed by atoms with Crippen molar-refractivity contribution in [1.29, 1.82) is 0 Å². The predicted octanol–water partition coefficient (Wildman–Crippen LogP) is 0.528. The fourth-order valence-corrected chi connectivity index (χ4v) is 1.68. The Hall–Kier alpha value is -1.32. The van der Waals surface area contributed by atoms with Crippen LogP contribution >= 0.6 is 0 Å². The lowest BCUT2D eigenvalue weighted by molar-refractivity contribution is -0.118. The summed E-state index contributed by atoms with van der Waals surface area (Å²) in [5, 5.41) is 0. The zero-order chi connectivity index (χ0) is 10.3. The van der Waals surface area contributed by atoms with Gasteiger partial charge in [0.1, 0.15) is 13.7 Å². The molecule has 1 aromatic carbocycles. The maximum atomic E-state index is 13.1. The Kier molecular flexibility index (Phi) is 2.06. The minimum Gasteiger partial charge on any atom is -0.315 e. The molecule has 0 saturated carbocycles. The highest BCUT2D eigenvalue weighted by Crippen LogP contribution is 2.26. The zero-order valence-corrected chi connectivity index (χ0v) is 7.88. The zero-order valence-electron chi connectivity index (χ0n) is 7.88. The molecule has 0 fully saturated rings. The van der Waals surface area contributed by atoms with Crippen LogP contribution in [0, 0.1) is 5.82 Å². The maximum absolute atomic E-state index is 13.1. The van der Waals surface area contributed by atoms with Crippen molar-refractivity contribution in [3.05, 3.63) is 23.5 Å². The van der Waals surface area contributed by atoms with E-state index >= 15 is 0 Å². The van der Waals surface area contributed by atoms with Crippen molar-refractivity contribution in [2.75, 3.05) is 11.9 Å². The molecule has 70 valence electrons. The Morgan fingerprint density at radius 3 is 2.86 bits per heavy atom. The first-order chi connectivity index (χ1) is 6.59. The topological polar surface area (TPSA) is 20.3 Å². The summed E-state index contributed by atoms with van der Waals surface area (Å²) in [6, 6.07) is 2.93. The van der Waals surface area contributed by atoms with Crippen LogP contribution in [0.2, 0.25) is 0 Å². The number of nitrogens with zero attached hydrogens (tertiary/aromatic N) is 1. The van der Waals surface area contributed by atoms with Gasteiger partial charge in [0.2, 0.25) is 5.91 Å². The molecule has 0 saturated heterocycles. The number of hydrogen-bond acceptors (Lipinski definition) is 1. The molecule has 0 spiro atoms. The van der Waals surface area contributed by atoms with Crippen LogP contribution in [-0.4, -0.2) is 20.8 Å². The molecule has 0 atom stereocenters. The fourth-order valence-electron chi connectivity index (χ4n) is 1.68. The van der Waals surface area contributed by atoms with Crippen molar-refractivity contribution in [2.24, 2.45) is 0 Å². The van der Waals surface area contributed by atoms with Crippen LogP contribution < -0.4 is 10.4 Å². The number of carbonyl (C=O) groups excluding carboxylic acids is 1. The molecule has 0 unspecified atom stereocenters.